The lowest BCUT2D eigenvalue weighted by atomic mass is 10.2. The van der Waals surface area contributed by atoms with Crippen LogP contribution in [0.15, 0.2) is 34.9 Å². The van der Waals surface area contributed by atoms with E-state index in [1.165, 1.54) is 11.8 Å². The summed E-state index contributed by atoms with van der Waals surface area (Å²) in [6.07, 6.45) is 0. The number of aryl methyl sites for hydroxylation is 1. The summed E-state index contributed by atoms with van der Waals surface area (Å²) in [4.78, 5) is 23.9. The van der Waals surface area contributed by atoms with Crippen LogP contribution in [0.2, 0.25) is 0 Å². The van der Waals surface area contributed by atoms with Crippen LogP contribution < -0.4 is 15.4 Å². The topological polar surface area (TPSA) is 93.5 Å². The number of aromatic nitrogens is 1. The number of carbonyl (C=O) groups is 2. The van der Waals surface area contributed by atoms with Crippen molar-refractivity contribution in [2.75, 3.05) is 18.2 Å². The zero-order valence-corrected chi connectivity index (χ0v) is 15.2. The fourth-order valence-corrected chi connectivity index (χ4v) is 2.64. The molecule has 2 N–H and O–H groups in total. The predicted octanol–water partition coefficient (Wildman–Crippen LogP) is 2.37. The fourth-order valence-electron chi connectivity index (χ4n) is 1.92. The first kappa shape index (κ1) is 18.9. The maximum atomic E-state index is 12.0. The third-order valence-electron chi connectivity index (χ3n) is 3.36. The quantitative estimate of drug-likeness (QED) is 0.748. The van der Waals surface area contributed by atoms with Crippen molar-refractivity contribution in [1.82, 2.24) is 10.5 Å². The Morgan fingerprint density at radius 2 is 2.04 bits per heavy atom. The van der Waals surface area contributed by atoms with Crippen molar-refractivity contribution in [3.8, 4) is 5.75 Å². The van der Waals surface area contributed by atoms with Crippen LogP contribution in [0.5, 0.6) is 5.75 Å². The second kappa shape index (κ2) is 9.12. The first-order chi connectivity index (χ1) is 12.0. The van der Waals surface area contributed by atoms with E-state index in [-0.39, 0.29) is 22.8 Å². The average molecular weight is 363 g/mol. The average Bonchev–Trinajstić information content (AvgIpc) is 3.02. The highest BCUT2D eigenvalue weighted by Gasteiger charge is 2.16. The molecule has 0 unspecified atom stereocenters. The molecular weight excluding hydrogens is 342 g/mol. The molecule has 0 fully saturated rings. The van der Waals surface area contributed by atoms with Gasteiger partial charge in [0.15, 0.2) is 5.82 Å². The number of thioether (sulfide) groups is 1. The van der Waals surface area contributed by atoms with Gasteiger partial charge in [0.1, 0.15) is 11.5 Å². The Bertz CT molecular complexity index is 715. The third-order valence-corrected chi connectivity index (χ3v) is 4.50. The fraction of sp³-hybridized carbons (Fsp3) is 0.353. The molecular formula is C17H21N3O4S. The van der Waals surface area contributed by atoms with Gasteiger partial charge in [-0.3, -0.25) is 9.59 Å². The molecule has 1 aromatic carbocycles. The summed E-state index contributed by atoms with van der Waals surface area (Å²) in [6, 6.07) is 9.10. The van der Waals surface area contributed by atoms with E-state index in [1.54, 1.807) is 27.0 Å². The van der Waals surface area contributed by atoms with Gasteiger partial charge in [-0.1, -0.05) is 17.3 Å². The number of methoxy groups -OCH3 is 1. The van der Waals surface area contributed by atoms with Crippen LogP contribution >= 0.6 is 11.8 Å². The summed E-state index contributed by atoms with van der Waals surface area (Å²) in [5.41, 5.74) is 0.978. The predicted molar refractivity (Wildman–Crippen MR) is 96.6 cm³/mol. The van der Waals surface area contributed by atoms with Gasteiger partial charge < -0.3 is 19.9 Å². The van der Waals surface area contributed by atoms with Crippen LogP contribution in [0.25, 0.3) is 0 Å². The lowest BCUT2D eigenvalue weighted by Gasteiger charge is -2.10. The molecule has 0 saturated carbocycles. The molecule has 7 nitrogen and oxygen atoms in total. The smallest absolute Gasteiger partial charge is 0.238 e. The van der Waals surface area contributed by atoms with Crippen molar-refractivity contribution in [2.45, 2.75) is 25.6 Å². The lowest BCUT2D eigenvalue weighted by Crippen LogP contribution is -2.28. The maximum absolute atomic E-state index is 12.0. The lowest BCUT2D eigenvalue weighted by molar-refractivity contribution is -0.118. The highest BCUT2D eigenvalue weighted by molar-refractivity contribution is 8.01. The standard InChI is InChI=1S/C17H21N3O4S/c1-11-8-15(20-24-11)19-17(22)12(2)25-10-16(21)18-9-13-4-6-14(23-3)7-5-13/h4-8,12H,9-10H2,1-3H3,(H,18,21)(H,19,20,22)/t12-/m0/s1. The van der Waals surface area contributed by atoms with Crippen LogP contribution in [0.4, 0.5) is 5.82 Å². The SMILES string of the molecule is COc1ccc(CNC(=O)CS[C@@H](C)C(=O)Nc2cc(C)on2)cc1. The Morgan fingerprint density at radius 1 is 1.32 bits per heavy atom. The number of hydrogen-bond donors (Lipinski definition) is 2. The monoisotopic (exact) mass is 363 g/mol. The molecule has 0 saturated heterocycles. The minimum absolute atomic E-state index is 0.127. The third kappa shape index (κ3) is 6.15. The molecule has 134 valence electrons. The van der Waals surface area contributed by atoms with Crippen molar-refractivity contribution in [2.24, 2.45) is 0 Å². The van der Waals surface area contributed by atoms with Gasteiger partial charge in [0.25, 0.3) is 0 Å². The first-order valence-corrected chi connectivity index (χ1v) is 8.78. The summed E-state index contributed by atoms with van der Waals surface area (Å²) in [5, 5.41) is 8.79. The minimum atomic E-state index is -0.385. The van der Waals surface area contributed by atoms with Gasteiger partial charge in [-0.15, -0.1) is 11.8 Å². The summed E-state index contributed by atoms with van der Waals surface area (Å²) in [6.45, 7) is 3.92. The number of benzene rings is 1. The van der Waals surface area contributed by atoms with E-state index < -0.39 is 0 Å². The largest absolute Gasteiger partial charge is 0.497 e. The van der Waals surface area contributed by atoms with Crippen LogP contribution in [0.3, 0.4) is 0 Å². The highest BCUT2D eigenvalue weighted by atomic mass is 32.2. The van der Waals surface area contributed by atoms with Crippen molar-refractivity contribution in [3.05, 3.63) is 41.7 Å². The zero-order chi connectivity index (χ0) is 18.2. The molecule has 2 amide bonds. The summed E-state index contributed by atoms with van der Waals surface area (Å²) >= 11 is 1.26. The molecule has 1 heterocycles. The van der Waals surface area contributed by atoms with Gasteiger partial charge in [0, 0.05) is 12.6 Å². The molecule has 25 heavy (non-hydrogen) atoms. The number of amides is 2. The highest BCUT2D eigenvalue weighted by Crippen LogP contribution is 2.14. The molecule has 2 rings (SSSR count). The minimum Gasteiger partial charge on any atom is -0.497 e. The Kier molecular flexibility index (Phi) is 6.88. The molecule has 0 aliphatic carbocycles. The van der Waals surface area contributed by atoms with Gasteiger partial charge >= 0.3 is 0 Å². The van der Waals surface area contributed by atoms with Gasteiger partial charge in [-0.2, -0.15) is 0 Å². The molecule has 8 heteroatoms. The van der Waals surface area contributed by atoms with Crippen LogP contribution in [-0.2, 0) is 16.1 Å². The van der Waals surface area contributed by atoms with Crippen molar-refractivity contribution in [3.63, 3.8) is 0 Å². The van der Waals surface area contributed by atoms with E-state index in [0.717, 1.165) is 11.3 Å². The Labute approximate surface area is 150 Å². The molecule has 1 atom stereocenters. The molecule has 0 aliphatic rings. The molecule has 0 bridgehead atoms. The second-order valence-corrected chi connectivity index (χ2v) is 6.72. The van der Waals surface area contributed by atoms with E-state index in [2.05, 4.69) is 15.8 Å². The first-order valence-electron chi connectivity index (χ1n) is 7.73. The Hall–Kier alpha value is -2.48. The molecule has 2 aromatic rings. The van der Waals surface area contributed by atoms with Crippen LogP contribution in [-0.4, -0.2) is 35.1 Å². The number of hydrogen-bond acceptors (Lipinski definition) is 6. The number of ether oxygens (including phenoxy) is 1. The van der Waals surface area contributed by atoms with Gasteiger partial charge in [-0.05, 0) is 31.5 Å². The Balaban J connectivity index is 1.70. The van der Waals surface area contributed by atoms with Crippen molar-refractivity contribution in [1.29, 1.82) is 0 Å². The normalized spacial score (nSPS) is 11.6. The number of nitrogens with zero attached hydrogens (tertiary/aromatic N) is 1. The van der Waals surface area contributed by atoms with Gasteiger partial charge in [0.2, 0.25) is 11.8 Å². The van der Waals surface area contributed by atoms with E-state index in [1.807, 2.05) is 24.3 Å². The number of nitrogens with one attached hydrogen (secondary N) is 2. The van der Waals surface area contributed by atoms with E-state index in [4.69, 9.17) is 9.26 Å². The van der Waals surface area contributed by atoms with E-state index in [0.29, 0.717) is 18.1 Å². The van der Waals surface area contributed by atoms with Crippen LogP contribution in [0.1, 0.15) is 18.2 Å². The molecule has 1 aromatic heterocycles. The van der Waals surface area contributed by atoms with Gasteiger partial charge in [0.05, 0.1) is 18.1 Å². The van der Waals surface area contributed by atoms with Crippen molar-refractivity contribution < 1.29 is 18.8 Å². The number of anilines is 1. The molecule has 0 spiro atoms. The van der Waals surface area contributed by atoms with Gasteiger partial charge in [-0.25, -0.2) is 0 Å². The summed E-state index contributed by atoms with van der Waals surface area (Å²) in [5.74, 6) is 1.61. The Morgan fingerprint density at radius 3 is 2.64 bits per heavy atom. The molecule has 0 radical (unpaired) electrons. The number of rotatable bonds is 8. The zero-order valence-electron chi connectivity index (χ0n) is 14.4. The van der Waals surface area contributed by atoms with E-state index >= 15 is 0 Å². The van der Waals surface area contributed by atoms with E-state index in [9.17, 15) is 9.59 Å². The summed E-state index contributed by atoms with van der Waals surface area (Å²) < 4.78 is 9.98. The number of carbonyl (C=O) groups excluding carboxylic acids is 2. The summed E-state index contributed by atoms with van der Waals surface area (Å²) in [7, 11) is 1.61. The second-order valence-electron chi connectivity index (χ2n) is 5.39. The molecule has 0 aliphatic heterocycles. The maximum Gasteiger partial charge on any atom is 0.238 e. The van der Waals surface area contributed by atoms with Crippen LogP contribution in [0, 0.1) is 6.92 Å². The van der Waals surface area contributed by atoms with Crippen molar-refractivity contribution >= 4 is 29.4 Å².